The Hall–Kier alpha value is -2.06. The van der Waals surface area contributed by atoms with Gasteiger partial charge >= 0.3 is 13.2 Å². The molecule has 4 heterocycles. The van der Waals surface area contributed by atoms with E-state index in [1.165, 1.54) is 0 Å². The molecule has 1 saturated carbocycles. The average molecular weight is 383 g/mol. The van der Waals surface area contributed by atoms with E-state index in [2.05, 4.69) is 9.97 Å². The molecule has 2 aromatic heterocycles. The number of fused-ring (bicyclic) bond motifs is 4. The van der Waals surface area contributed by atoms with Crippen LogP contribution in [0.1, 0.15) is 52.0 Å². The van der Waals surface area contributed by atoms with E-state index in [1.807, 2.05) is 33.0 Å². The maximum atomic E-state index is 12.3. The summed E-state index contributed by atoms with van der Waals surface area (Å²) in [6.45, 7) is 7.15. The topological polar surface area (TPSA) is 87.7 Å². The van der Waals surface area contributed by atoms with Crippen molar-refractivity contribution in [2.24, 2.45) is 5.41 Å². The predicted molar refractivity (Wildman–Crippen MR) is 105 cm³/mol. The van der Waals surface area contributed by atoms with Crippen LogP contribution in [0.4, 0.5) is 4.79 Å². The lowest BCUT2D eigenvalue weighted by molar-refractivity contribution is -0.0873. The molecule has 1 saturated heterocycles. The third-order valence-electron chi connectivity index (χ3n) is 6.50. The molecule has 0 aromatic carbocycles. The Bertz CT molecular complexity index is 935. The zero-order valence-corrected chi connectivity index (χ0v) is 16.6. The maximum Gasteiger partial charge on any atom is 0.493 e. The van der Waals surface area contributed by atoms with Gasteiger partial charge in [-0.1, -0.05) is 0 Å². The smallest absolute Gasteiger partial charge is 0.444 e. The van der Waals surface area contributed by atoms with Crippen LogP contribution in [-0.2, 0) is 15.0 Å². The summed E-state index contributed by atoms with van der Waals surface area (Å²) in [5, 5.41) is 11.5. The van der Waals surface area contributed by atoms with Crippen molar-refractivity contribution in [3.8, 4) is 0 Å². The van der Waals surface area contributed by atoms with Crippen LogP contribution in [0, 0.1) is 5.41 Å². The third-order valence-corrected chi connectivity index (χ3v) is 6.50. The fourth-order valence-corrected chi connectivity index (χ4v) is 5.14. The maximum absolute atomic E-state index is 12.3. The van der Waals surface area contributed by atoms with Crippen LogP contribution < -0.4 is 5.46 Å². The van der Waals surface area contributed by atoms with Crippen molar-refractivity contribution in [2.75, 3.05) is 13.1 Å². The van der Waals surface area contributed by atoms with Gasteiger partial charge in [-0.15, -0.1) is 0 Å². The summed E-state index contributed by atoms with van der Waals surface area (Å²) < 4.78 is 11.6. The molecular weight excluding hydrogens is 357 g/mol. The second kappa shape index (κ2) is 5.73. The van der Waals surface area contributed by atoms with Gasteiger partial charge in [-0.2, -0.15) is 0 Å². The van der Waals surface area contributed by atoms with Gasteiger partial charge in [-0.05, 0) is 58.1 Å². The molecule has 5 rings (SSSR count). The minimum Gasteiger partial charge on any atom is -0.444 e. The first-order valence-corrected chi connectivity index (χ1v) is 10.0. The van der Waals surface area contributed by atoms with E-state index in [1.54, 1.807) is 11.1 Å². The van der Waals surface area contributed by atoms with Gasteiger partial charge < -0.3 is 24.3 Å². The molecule has 1 aliphatic carbocycles. The first kappa shape index (κ1) is 18.0. The Morgan fingerprint density at radius 1 is 1.32 bits per heavy atom. The second-order valence-electron chi connectivity index (χ2n) is 9.63. The Labute approximate surface area is 164 Å². The molecule has 148 valence electrons. The number of ether oxygens (including phenoxy) is 1. The standard InChI is InChI=1S/C20H26BN3O4/c1-18(2,3)27-17(25)24-11-19(12-24)5-7-20(8-6-19)15-13-4-9-22-16(13)23-10-14(15)21(26)28-20/h4,9-10,26H,5-8,11-12H2,1-3H3,(H,22,23). The van der Waals surface area contributed by atoms with Crippen LogP contribution in [0.15, 0.2) is 18.5 Å². The van der Waals surface area contributed by atoms with E-state index in [-0.39, 0.29) is 11.5 Å². The van der Waals surface area contributed by atoms with Crippen molar-refractivity contribution >= 4 is 29.7 Å². The highest BCUT2D eigenvalue weighted by molar-refractivity contribution is 6.62. The first-order chi connectivity index (χ1) is 13.2. The number of pyridine rings is 1. The summed E-state index contributed by atoms with van der Waals surface area (Å²) in [5.41, 5.74) is 1.91. The van der Waals surface area contributed by atoms with Gasteiger partial charge in [-0.25, -0.2) is 9.78 Å². The minimum atomic E-state index is -0.921. The summed E-state index contributed by atoms with van der Waals surface area (Å²) >= 11 is 0. The van der Waals surface area contributed by atoms with Crippen LogP contribution in [0.25, 0.3) is 11.0 Å². The molecule has 0 bridgehead atoms. The molecule has 7 nitrogen and oxygen atoms in total. The zero-order chi connectivity index (χ0) is 19.7. The second-order valence-corrected chi connectivity index (χ2v) is 9.63. The van der Waals surface area contributed by atoms with Gasteiger partial charge in [0.1, 0.15) is 11.2 Å². The number of hydrogen-bond acceptors (Lipinski definition) is 5. The van der Waals surface area contributed by atoms with Crippen LogP contribution in [0.2, 0.25) is 0 Å². The minimum absolute atomic E-state index is 0.142. The lowest BCUT2D eigenvalue weighted by Crippen LogP contribution is -2.61. The fraction of sp³-hybridized carbons (Fsp3) is 0.600. The van der Waals surface area contributed by atoms with Gasteiger partial charge in [0.05, 0.1) is 5.60 Å². The summed E-state index contributed by atoms with van der Waals surface area (Å²) in [4.78, 5) is 21.6. The fourth-order valence-electron chi connectivity index (χ4n) is 5.14. The number of carbonyl (C=O) groups excluding carboxylic acids is 1. The molecule has 2 fully saturated rings. The Kier molecular flexibility index (Phi) is 3.69. The van der Waals surface area contributed by atoms with E-state index in [4.69, 9.17) is 9.39 Å². The average Bonchev–Trinajstić information content (AvgIpc) is 3.15. The number of hydrogen-bond donors (Lipinski definition) is 2. The molecule has 8 heteroatoms. The van der Waals surface area contributed by atoms with E-state index >= 15 is 0 Å². The summed E-state index contributed by atoms with van der Waals surface area (Å²) in [7, 11) is -0.921. The zero-order valence-electron chi connectivity index (χ0n) is 16.6. The van der Waals surface area contributed by atoms with Crippen LogP contribution in [0.5, 0.6) is 0 Å². The van der Waals surface area contributed by atoms with Crippen molar-refractivity contribution in [3.05, 3.63) is 24.0 Å². The molecule has 0 atom stereocenters. The Morgan fingerprint density at radius 3 is 2.71 bits per heavy atom. The van der Waals surface area contributed by atoms with Crippen molar-refractivity contribution in [1.82, 2.24) is 14.9 Å². The van der Waals surface area contributed by atoms with Crippen molar-refractivity contribution in [3.63, 3.8) is 0 Å². The number of nitrogens with zero attached hydrogens (tertiary/aromatic N) is 2. The number of aromatic amines is 1. The Balaban J connectivity index is 1.33. The lowest BCUT2D eigenvalue weighted by atomic mass is 9.63. The molecule has 28 heavy (non-hydrogen) atoms. The van der Waals surface area contributed by atoms with Crippen LogP contribution in [0.3, 0.4) is 0 Å². The molecule has 2 spiro atoms. The number of likely N-dealkylation sites (tertiary alicyclic amines) is 1. The highest BCUT2D eigenvalue weighted by Gasteiger charge is 2.56. The van der Waals surface area contributed by atoms with E-state index < -0.39 is 18.3 Å². The predicted octanol–water partition coefficient (Wildman–Crippen LogP) is 2.29. The van der Waals surface area contributed by atoms with E-state index in [9.17, 15) is 9.82 Å². The number of carbonyl (C=O) groups is 1. The number of nitrogens with one attached hydrogen (secondary N) is 1. The third kappa shape index (κ3) is 2.65. The summed E-state index contributed by atoms with van der Waals surface area (Å²) in [5.74, 6) is 0. The first-order valence-electron chi connectivity index (χ1n) is 10.0. The molecule has 0 unspecified atom stereocenters. The largest absolute Gasteiger partial charge is 0.493 e. The number of rotatable bonds is 0. The highest BCUT2D eigenvalue weighted by atomic mass is 16.6. The summed E-state index contributed by atoms with van der Waals surface area (Å²) in [6, 6.07) is 2.02. The molecule has 2 aromatic rings. The summed E-state index contributed by atoms with van der Waals surface area (Å²) in [6.07, 6.45) is 6.99. The van der Waals surface area contributed by atoms with Crippen molar-refractivity contribution < 1.29 is 19.2 Å². The molecule has 0 radical (unpaired) electrons. The van der Waals surface area contributed by atoms with Gasteiger partial charge in [0, 0.05) is 41.7 Å². The lowest BCUT2D eigenvalue weighted by Gasteiger charge is -2.55. The van der Waals surface area contributed by atoms with E-state index in [0.29, 0.717) is 0 Å². The van der Waals surface area contributed by atoms with Gasteiger partial charge in [-0.3, -0.25) is 0 Å². The normalized spacial score (nSPS) is 22.6. The monoisotopic (exact) mass is 383 g/mol. The molecule has 3 aliphatic rings. The number of amides is 1. The SMILES string of the molecule is CC(C)(C)OC(=O)N1CC2(CCC3(CC2)OB(O)c2cnc4[nH]ccc4c23)C1. The van der Waals surface area contributed by atoms with Gasteiger partial charge in [0.15, 0.2) is 0 Å². The highest BCUT2D eigenvalue weighted by Crippen LogP contribution is 2.54. The van der Waals surface area contributed by atoms with Gasteiger partial charge in [0.25, 0.3) is 0 Å². The molecular formula is C20H26BN3O4. The van der Waals surface area contributed by atoms with Gasteiger partial charge in [0.2, 0.25) is 0 Å². The number of aromatic nitrogens is 2. The van der Waals surface area contributed by atoms with Crippen molar-refractivity contribution in [1.29, 1.82) is 0 Å². The molecule has 2 aliphatic heterocycles. The number of H-pyrrole nitrogens is 1. The Morgan fingerprint density at radius 2 is 2.04 bits per heavy atom. The van der Waals surface area contributed by atoms with Crippen molar-refractivity contribution in [2.45, 2.75) is 57.7 Å². The molecule has 1 amide bonds. The van der Waals surface area contributed by atoms with Crippen LogP contribution in [-0.4, -0.2) is 51.8 Å². The molecule has 2 N–H and O–H groups in total. The van der Waals surface area contributed by atoms with E-state index in [0.717, 1.165) is 60.8 Å². The quantitative estimate of drug-likeness (QED) is 0.682. The van der Waals surface area contributed by atoms with Crippen LogP contribution >= 0.6 is 0 Å².